The number of nitrogens with zero attached hydrogens (tertiary/aromatic N) is 1. The second-order valence-electron chi connectivity index (χ2n) is 2.73. The van der Waals surface area contributed by atoms with Crippen molar-refractivity contribution in [3.63, 3.8) is 0 Å². The quantitative estimate of drug-likeness (QED) is 0.641. The van der Waals surface area contributed by atoms with Gasteiger partial charge in [-0.15, -0.1) is 0 Å². The van der Waals surface area contributed by atoms with Crippen LogP contribution in [0.1, 0.15) is 33.6 Å². The van der Waals surface area contributed by atoms with Crippen LogP contribution >= 0.6 is 0 Å². The molecule has 0 radical (unpaired) electrons. The van der Waals surface area contributed by atoms with Crippen LogP contribution in [-0.4, -0.2) is 29.9 Å². The molecule has 0 aromatic rings. The molecule has 0 spiro atoms. The molecule has 1 aliphatic rings. The molecular formula is C9H20N2O. The van der Waals surface area contributed by atoms with E-state index in [1.54, 1.807) is 0 Å². The van der Waals surface area contributed by atoms with Gasteiger partial charge < -0.3 is 10.6 Å². The van der Waals surface area contributed by atoms with Gasteiger partial charge in [0.15, 0.2) is 0 Å². The van der Waals surface area contributed by atoms with Gasteiger partial charge in [-0.05, 0) is 13.3 Å². The van der Waals surface area contributed by atoms with Crippen LogP contribution in [0.25, 0.3) is 0 Å². The Hall–Kier alpha value is -0.570. The van der Waals surface area contributed by atoms with Crippen LogP contribution in [0.15, 0.2) is 0 Å². The number of rotatable bonds is 1. The van der Waals surface area contributed by atoms with E-state index in [1.807, 2.05) is 25.7 Å². The maximum atomic E-state index is 11.0. The van der Waals surface area contributed by atoms with Crippen LogP contribution in [0.5, 0.6) is 0 Å². The lowest BCUT2D eigenvalue weighted by atomic mass is 10.1. The molecule has 3 nitrogen and oxygen atoms in total. The van der Waals surface area contributed by atoms with Crippen LogP contribution in [0.4, 0.5) is 0 Å². The molecule has 3 heteroatoms. The first-order valence-electron chi connectivity index (χ1n) is 4.77. The lowest BCUT2D eigenvalue weighted by Gasteiger charge is -2.29. The monoisotopic (exact) mass is 172 g/mol. The Morgan fingerprint density at radius 1 is 1.58 bits per heavy atom. The molecule has 1 unspecified atom stereocenters. The molecule has 1 aliphatic heterocycles. The van der Waals surface area contributed by atoms with Crippen molar-refractivity contribution in [2.24, 2.45) is 5.73 Å². The number of likely N-dealkylation sites (tertiary alicyclic amines) is 1. The number of hydrogen-bond acceptors (Lipinski definition) is 2. The topological polar surface area (TPSA) is 46.3 Å². The second kappa shape index (κ2) is 6.00. The lowest BCUT2D eigenvalue weighted by Crippen LogP contribution is -2.45. The Bertz CT molecular complexity index is 136. The molecule has 2 N–H and O–H groups in total. The van der Waals surface area contributed by atoms with E-state index in [0.717, 1.165) is 19.5 Å². The molecule has 72 valence electrons. The summed E-state index contributed by atoms with van der Waals surface area (Å²) in [4.78, 5) is 12.9. The van der Waals surface area contributed by atoms with Crippen molar-refractivity contribution in [1.29, 1.82) is 0 Å². The minimum atomic E-state index is 0.206. The summed E-state index contributed by atoms with van der Waals surface area (Å²) in [6.07, 6.45) is 1.49. The highest BCUT2D eigenvalue weighted by Gasteiger charge is 2.20. The summed E-state index contributed by atoms with van der Waals surface area (Å²) in [6.45, 7) is 7.53. The fraction of sp³-hybridized carbons (Fsp3) is 0.889. The van der Waals surface area contributed by atoms with Gasteiger partial charge in [0.2, 0.25) is 5.91 Å². The number of likely N-dealkylation sites (N-methyl/N-ethyl adjacent to an activating group) is 1. The zero-order chi connectivity index (χ0) is 9.56. The molecule has 0 saturated carbocycles. The van der Waals surface area contributed by atoms with E-state index in [1.165, 1.54) is 0 Å². The first-order valence-corrected chi connectivity index (χ1v) is 4.77. The van der Waals surface area contributed by atoms with Crippen molar-refractivity contribution in [1.82, 2.24) is 4.90 Å². The highest BCUT2D eigenvalue weighted by molar-refractivity contribution is 5.77. The van der Waals surface area contributed by atoms with Crippen molar-refractivity contribution < 1.29 is 4.79 Å². The number of carbonyl (C=O) groups is 1. The van der Waals surface area contributed by atoms with Gasteiger partial charge in [-0.3, -0.25) is 4.79 Å². The van der Waals surface area contributed by atoms with Crippen LogP contribution in [0.3, 0.4) is 0 Å². The minimum Gasteiger partial charge on any atom is -0.341 e. The van der Waals surface area contributed by atoms with Crippen molar-refractivity contribution in [3.05, 3.63) is 0 Å². The Kier molecular flexibility index (Phi) is 5.72. The summed E-state index contributed by atoms with van der Waals surface area (Å²) < 4.78 is 0. The van der Waals surface area contributed by atoms with E-state index < -0.39 is 0 Å². The SMILES string of the molecule is CC.CCN1CC(N)CCC1=O. The highest BCUT2D eigenvalue weighted by Crippen LogP contribution is 2.08. The average molecular weight is 172 g/mol. The smallest absolute Gasteiger partial charge is 0.222 e. The Labute approximate surface area is 74.9 Å². The maximum absolute atomic E-state index is 11.0. The molecule has 12 heavy (non-hydrogen) atoms. The molecule has 1 heterocycles. The lowest BCUT2D eigenvalue weighted by molar-refractivity contribution is -0.133. The number of carbonyl (C=O) groups excluding carboxylic acids is 1. The first-order chi connectivity index (χ1) is 5.74. The summed E-state index contributed by atoms with van der Waals surface area (Å²) in [6, 6.07) is 0.206. The molecule has 0 aliphatic carbocycles. The second-order valence-corrected chi connectivity index (χ2v) is 2.73. The van der Waals surface area contributed by atoms with Gasteiger partial charge in [-0.2, -0.15) is 0 Å². The number of amides is 1. The summed E-state index contributed by atoms with van der Waals surface area (Å²) in [5, 5.41) is 0. The number of hydrogen-bond donors (Lipinski definition) is 1. The fourth-order valence-corrected chi connectivity index (χ4v) is 1.25. The van der Waals surface area contributed by atoms with Gasteiger partial charge in [0.25, 0.3) is 0 Å². The number of nitrogens with two attached hydrogens (primary N) is 1. The third-order valence-electron chi connectivity index (χ3n) is 1.92. The Morgan fingerprint density at radius 3 is 2.58 bits per heavy atom. The molecule has 1 amide bonds. The summed E-state index contributed by atoms with van der Waals surface area (Å²) in [7, 11) is 0. The van der Waals surface area contributed by atoms with Crippen LogP contribution in [0, 0.1) is 0 Å². The third-order valence-corrected chi connectivity index (χ3v) is 1.92. The zero-order valence-electron chi connectivity index (χ0n) is 8.34. The van der Waals surface area contributed by atoms with E-state index in [9.17, 15) is 4.79 Å². The standard InChI is InChI=1S/C7H14N2O.C2H6/c1-2-9-5-6(8)3-4-7(9)10;1-2/h6H,2-5,8H2,1H3;1-2H3. The first kappa shape index (κ1) is 11.4. The predicted molar refractivity (Wildman–Crippen MR) is 50.8 cm³/mol. The minimum absolute atomic E-state index is 0.206. The summed E-state index contributed by atoms with van der Waals surface area (Å²) in [5.41, 5.74) is 5.67. The van der Waals surface area contributed by atoms with Gasteiger partial charge in [-0.25, -0.2) is 0 Å². The normalized spacial score (nSPS) is 23.2. The van der Waals surface area contributed by atoms with Gasteiger partial charge >= 0.3 is 0 Å². The molecule has 1 saturated heterocycles. The van der Waals surface area contributed by atoms with Gasteiger partial charge in [0.05, 0.1) is 0 Å². The molecule has 0 bridgehead atoms. The van der Waals surface area contributed by atoms with Crippen molar-refractivity contribution in [3.8, 4) is 0 Å². The van der Waals surface area contributed by atoms with Gasteiger partial charge in [0.1, 0.15) is 0 Å². The van der Waals surface area contributed by atoms with Crippen LogP contribution in [0.2, 0.25) is 0 Å². The molecule has 1 fully saturated rings. The van der Waals surface area contributed by atoms with Gasteiger partial charge in [-0.1, -0.05) is 13.8 Å². The molecule has 1 rings (SSSR count). The summed E-state index contributed by atoms with van der Waals surface area (Å²) in [5.74, 6) is 0.254. The molecular weight excluding hydrogens is 152 g/mol. The predicted octanol–water partition coefficient (Wildman–Crippen LogP) is 0.982. The maximum Gasteiger partial charge on any atom is 0.222 e. The molecule has 0 aromatic carbocycles. The van der Waals surface area contributed by atoms with E-state index in [-0.39, 0.29) is 11.9 Å². The fourth-order valence-electron chi connectivity index (χ4n) is 1.25. The molecule has 0 aromatic heterocycles. The van der Waals surface area contributed by atoms with Crippen molar-refractivity contribution >= 4 is 5.91 Å². The zero-order valence-corrected chi connectivity index (χ0v) is 8.34. The van der Waals surface area contributed by atoms with E-state index in [2.05, 4.69) is 0 Å². The van der Waals surface area contributed by atoms with E-state index in [4.69, 9.17) is 5.73 Å². The van der Waals surface area contributed by atoms with Gasteiger partial charge in [0, 0.05) is 25.6 Å². The number of piperidine rings is 1. The van der Waals surface area contributed by atoms with E-state index >= 15 is 0 Å². The average Bonchev–Trinajstić information content (AvgIpc) is 2.13. The Morgan fingerprint density at radius 2 is 2.17 bits per heavy atom. The van der Waals surface area contributed by atoms with Crippen LogP contribution in [-0.2, 0) is 4.79 Å². The van der Waals surface area contributed by atoms with Crippen molar-refractivity contribution in [2.75, 3.05) is 13.1 Å². The Balaban J connectivity index is 0.000000561. The van der Waals surface area contributed by atoms with Crippen LogP contribution < -0.4 is 5.73 Å². The third kappa shape index (κ3) is 3.22. The molecule has 1 atom stereocenters. The van der Waals surface area contributed by atoms with E-state index in [0.29, 0.717) is 6.42 Å². The largest absolute Gasteiger partial charge is 0.341 e. The highest BCUT2D eigenvalue weighted by atomic mass is 16.2. The summed E-state index contributed by atoms with van der Waals surface area (Å²) >= 11 is 0. The van der Waals surface area contributed by atoms with Crippen molar-refractivity contribution in [2.45, 2.75) is 39.7 Å².